The lowest BCUT2D eigenvalue weighted by Gasteiger charge is -2.29. The summed E-state index contributed by atoms with van der Waals surface area (Å²) in [5.74, 6) is 0. The zero-order valence-electron chi connectivity index (χ0n) is 20.0. The zero-order chi connectivity index (χ0) is 22.7. The summed E-state index contributed by atoms with van der Waals surface area (Å²) < 4.78 is 27.7. The molecule has 0 aromatic heterocycles. The van der Waals surface area contributed by atoms with E-state index in [1.807, 2.05) is 21.1 Å². The van der Waals surface area contributed by atoms with Gasteiger partial charge in [0.25, 0.3) is 7.82 Å². The summed E-state index contributed by atoms with van der Waals surface area (Å²) in [5.41, 5.74) is 0. The second-order valence-corrected chi connectivity index (χ2v) is 10.5. The van der Waals surface area contributed by atoms with Crippen molar-refractivity contribution in [2.75, 3.05) is 54.1 Å². The molecule has 0 rings (SSSR count). The van der Waals surface area contributed by atoms with Gasteiger partial charge in [-0.25, -0.2) is 0 Å². The maximum Gasteiger partial charge on any atom is 0.268 e. The van der Waals surface area contributed by atoms with Gasteiger partial charge in [-0.3, -0.25) is 4.57 Å². The first-order valence-electron chi connectivity index (χ1n) is 11.8. The molecule has 0 spiro atoms. The Balaban J connectivity index is 3.61. The molecule has 182 valence electrons. The van der Waals surface area contributed by atoms with Crippen molar-refractivity contribution >= 4 is 7.82 Å². The third-order valence-corrected chi connectivity index (χ3v) is 5.99. The van der Waals surface area contributed by atoms with Crippen LogP contribution in [-0.4, -0.2) is 69.8 Å². The van der Waals surface area contributed by atoms with Gasteiger partial charge in [0.15, 0.2) is 0 Å². The highest BCUT2D eigenvalue weighted by Gasteiger charge is 2.19. The largest absolute Gasteiger partial charge is 0.756 e. The van der Waals surface area contributed by atoms with Crippen molar-refractivity contribution in [1.29, 1.82) is 0 Å². The lowest BCUT2D eigenvalue weighted by atomic mass is 10.1. The van der Waals surface area contributed by atoms with Crippen molar-refractivity contribution in [3.05, 3.63) is 0 Å². The van der Waals surface area contributed by atoms with Gasteiger partial charge in [-0.2, -0.15) is 0 Å². The normalized spacial score (nSPS) is 15.3. The number of hydrogen-bond donors (Lipinski definition) is 1. The molecule has 1 N–H and O–H groups in total. The van der Waals surface area contributed by atoms with E-state index in [2.05, 4.69) is 6.92 Å². The number of unbranched alkanes of at least 4 members (excludes halogenated alkanes) is 11. The Morgan fingerprint density at radius 1 is 0.867 bits per heavy atom. The Morgan fingerprint density at radius 2 is 1.37 bits per heavy atom. The van der Waals surface area contributed by atoms with Gasteiger partial charge < -0.3 is 28.3 Å². The second kappa shape index (κ2) is 18.6. The summed E-state index contributed by atoms with van der Waals surface area (Å²) in [4.78, 5) is 11.8. The number of aliphatic hydroxyl groups is 1. The molecule has 2 atom stereocenters. The van der Waals surface area contributed by atoms with E-state index in [1.165, 1.54) is 64.2 Å². The van der Waals surface area contributed by atoms with Crippen molar-refractivity contribution < 1.29 is 32.8 Å². The molecule has 0 fully saturated rings. The maximum atomic E-state index is 11.8. The number of phosphoric acid groups is 1. The number of quaternary nitrogens is 1. The van der Waals surface area contributed by atoms with Crippen LogP contribution in [0.25, 0.3) is 0 Å². The molecule has 0 aliphatic heterocycles. The molecule has 0 aliphatic carbocycles. The van der Waals surface area contributed by atoms with Crippen LogP contribution in [0.5, 0.6) is 0 Å². The van der Waals surface area contributed by atoms with Crippen molar-refractivity contribution in [2.24, 2.45) is 0 Å². The summed E-state index contributed by atoms with van der Waals surface area (Å²) in [6, 6.07) is 0. The lowest BCUT2D eigenvalue weighted by molar-refractivity contribution is -0.870. The van der Waals surface area contributed by atoms with E-state index in [0.717, 1.165) is 12.8 Å². The van der Waals surface area contributed by atoms with Crippen LogP contribution in [0.3, 0.4) is 0 Å². The quantitative estimate of drug-likeness (QED) is 0.150. The summed E-state index contributed by atoms with van der Waals surface area (Å²) >= 11 is 0. The van der Waals surface area contributed by atoms with Gasteiger partial charge in [-0.05, 0) is 6.42 Å². The highest BCUT2D eigenvalue weighted by molar-refractivity contribution is 7.45. The van der Waals surface area contributed by atoms with Crippen LogP contribution < -0.4 is 4.89 Å². The Morgan fingerprint density at radius 3 is 1.83 bits per heavy atom. The SMILES string of the molecule is CCCCCCCCCCCCCCOC[C@@H](CO)OP(=O)([O-])OCC[N+](C)(C)C. The standard InChI is InChI=1S/C22H48NO6P/c1-5-6-7-8-9-10-11-12-13-14-15-16-18-27-21-22(20-24)29-30(25,26)28-19-17-23(2,3)4/h22,24H,5-21H2,1-4H3/t22-/m1/s1. The Labute approximate surface area is 185 Å². The van der Waals surface area contributed by atoms with Crippen molar-refractivity contribution in [3.8, 4) is 0 Å². The van der Waals surface area contributed by atoms with Crippen LogP contribution in [0.15, 0.2) is 0 Å². The van der Waals surface area contributed by atoms with E-state index in [-0.39, 0.29) is 13.2 Å². The number of nitrogens with zero attached hydrogens (tertiary/aromatic N) is 1. The number of aliphatic hydroxyl groups excluding tert-OH is 1. The monoisotopic (exact) mass is 453 g/mol. The van der Waals surface area contributed by atoms with Crippen LogP contribution in [0.4, 0.5) is 0 Å². The molecule has 0 bridgehead atoms. The summed E-state index contributed by atoms with van der Waals surface area (Å²) in [7, 11) is 1.39. The molecule has 1 unspecified atom stereocenters. The maximum absolute atomic E-state index is 11.8. The third kappa shape index (κ3) is 21.2. The minimum Gasteiger partial charge on any atom is -0.756 e. The Bertz CT molecular complexity index is 430. The molecule has 8 heteroatoms. The van der Waals surface area contributed by atoms with Crippen molar-refractivity contribution in [3.63, 3.8) is 0 Å². The van der Waals surface area contributed by atoms with E-state index in [1.54, 1.807) is 0 Å². The zero-order valence-corrected chi connectivity index (χ0v) is 20.9. The van der Waals surface area contributed by atoms with Gasteiger partial charge in [-0.1, -0.05) is 77.6 Å². The van der Waals surface area contributed by atoms with E-state index in [9.17, 15) is 14.6 Å². The number of hydrogen-bond acceptors (Lipinski definition) is 6. The minimum atomic E-state index is -4.44. The molecule has 0 radical (unpaired) electrons. The van der Waals surface area contributed by atoms with Crippen LogP contribution >= 0.6 is 7.82 Å². The van der Waals surface area contributed by atoms with E-state index < -0.39 is 20.5 Å². The number of ether oxygens (including phenoxy) is 1. The molecule has 0 aromatic carbocycles. The van der Waals surface area contributed by atoms with E-state index >= 15 is 0 Å². The van der Waals surface area contributed by atoms with Gasteiger partial charge in [0, 0.05) is 6.61 Å². The predicted molar refractivity (Wildman–Crippen MR) is 120 cm³/mol. The predicted octanol–water partition coefficient (Wildman–Crippen LogP) is 4.27. The first kappa shape index (κ1) is 30.0. The van der Waals surface area contributed by atoms with Crippen LogP contribution in [-0.2, 0) is 18.3 Å². The summed E-state index contributed by atoms with van der Waals surface area (Å²) in [6.07, 6.45) is 14.4. The van der Waals surface area contributed by atoms with Gasteiger partial charge >= 0.3 is 0 Å². The number of rotatable bonds is 22. The molecule has 0 saturated carbocycles. The smallest absolute Gasteiger partial charge is 0.268 e. The van der Waals surface area contributed by atoms with Crippen LogP contribution in [0.1, 0.15) is 84.0 Å². The van der Waals surface area contributed by atoms with Gasteiger partial charge in [0.2, 0.25) is 0 Å². The molecule has 0 amide bonds. The summed E-state index contributed by atoms with van der Waals surface area (Å²) in [5, 5.41) is 9.32. The van der Waals surface area contributed by atoms with E-state index in [4.69, 9.17) is 13.8 Å². The average Bonchev–Trinajstić information content (AvgIpc) is 2.66. The highest BCUT2D eigenvalue weighted by Crippen LogP contribution is 2.39. The van der Waals surface area contributed by atoms with Gasteiger partial charge in [0.05, 0.1) is 34.4 Å². The molecule has 0 aliphatic rings. The van der Waals surface area contributed by atoms with Gasteiger partial charge in [-0.15, -0.1) is 0 Å². The summed E-state index contributed by atoms with van der Waals surface area (Å²) in [6.45, 7) is 2.99. The second-order valence-electron chi connectivity index (χ2n) is 9.17. The lowest BCUT2D eigenvalue weighted by Crippen LogP contribution is -2.37. The molecule has 0 heterocycles. The Hall–Kier alpha value is -0.0100. The van der Waals surface area contributed by atoms with Gasteiger partial charge in [0.1, 0.15) is 19.3 Å². The van der Waals surface area contributed by atoms with Crippen LogP contribution in [0.2, 0.25) is 0 Å². The van der Waals surface area contributed by atoms with Crippen LogP contribution in [0, 0.1) is 0 Å². The highest BCUT2D eigenvalue weighted by atomic mass is 31.2. The van der Waals surface area contributed by atoms with Crippen molar-refractivity contribution in [2.45, 2.75) is 90.1 Å². The minimum absolute atomic E-state index is 0.0411. The first-order valence-corrected chi connectivity index (χ1v) is 13.3. The molecule has 0 saturated heterocycles. The third-order valence-electron chi connectivity index (χ3n) is 4.94. The van der Waals surface area contributed by atoms with Crippen molar-refractivity contribution in [1.82, 2.24) is 0 Å². The van der Waals surface area contributed by atoms with E-state index in [0.29, 0.717) is 17.6 Å². The molecule has 30 heavy (non-hydrogen) atoms. The fraction of sp³-hybridized carbons (Fsp3) is 1.00. The fourth-order valence-electron chi connectivity index (χ4n) is 3.02. The number of likely N-dealkylation sites (N-methyl/N-ethyl adjacent to an activating group) is 1. The molecular weight excluding hydrogens is 405 g/mol. The first-order chi connectivity index (χ1) is 14.2. The Kier molecular flexibility index (Phi) is 18.5. The molecular formula is C22H48NO6P. The number of phosphoric ester groups is 1. The fourth-order valence-corrected chi connectivity index (χ4v) is 3.87. The topological polar surface area (TPSA) is 88.0 Å². The molecule has 7 nitrogen and oxygen atoms in total. The molecule has 0 aromatic rings. The average molecular weight is 454 g/mol.